The molecule has 0 aromatic heterocycles. The van der Waals surface area contributed by atoms with Crippen molar-refractivity contribution in [2.45, 2.75) is 6.04 Å². The summed E-state index contributed by atoms with van der Waals surface area (Å²) < 4.78 is 25.1. The fourth-order valence-electron chi connectivity index (χ4n) is 2.14. The fraction of sp³-hybridized carbons (Fsp3) is 0.200. The molecule has 0 spiro atoms. The van der Waals surface area contributed by atoms with Gasteiger partial charge in [-0.25, -0.2) is 9.82 Å². The molecule has 0 heterocycles. The highest BCUT2D eigenvalue weighted by Gasteiger charge is 2.19. The molecule has 0 bridgehead atoms. The van der Waals surface area contributed by atoms with Crippen molar-refractivity contribution in [3.63, 3.8) is 0 Å². The van der Waals surface area contributed by atoms with E-state index in [0.29, 0.717) is 21.5 Å². The summed E-state index contributed by atoms with van der Waals surface area (Å²) >= 11 is 3.18. The van der Waals surface area contributed by atoms with Crippen molar-refractivity contribution in [2.24, 2.45) is 5.84 Å². The Balaban J connectivity index is 2.49. The zero-order chi connectivity index (χ0) is 15.4. The molecule has 0 aliphatic heterocycles. The minimum absolute atomic E-state index is 0.352. The SMILES string of the molecule is COc1ccc(C(NN)c2cccc(Br)c2F)cc1OC. The van der Waals surface area contributed by atoms with Gasteiger partial charge in [-0.3, -0.25) is 5.84 Å². The van der Waals surface area contributed by atoms with Crippen LogP contribution in [0.5, 0.6) is 11.5 Å². The van der Waals surface area contributed by atoms with Crippen LogP contribution in [0.2, 0.25) is 0 Å². The van der Waals surface area contributed by atoms with Crippen LogP contribution in [0.3, 0.4) is 0 Å². The van der Waals surface area contributed by atoms with Gasteiger partial charge in [0.05, 0.1) is 24.7 Å². The van der Waals surface area contributed by atoms with Crippen LogP contribution >= 0.6 is 15.9 Å². The molecule has 3 N–H and O–H groups in total. The van der Waals surface area contributed by atoms with Gasteiger partial charge in [0.2, 0.25) is 0 Å². The number of rotatable bonds is 5. The normalized spacial score (nSPS) is 12.0. The molecule has 2 rings (SSSR count). The predicted molar refractivity (Wildman–Crippen MR) is 82.8 cm³/mol. The first kappa shape index (κ1) is 15.8. The van der Waals surface area contributed by atoms with E-state index in [1.54, 1.807) is 44.6 Å². The summed E-state index contributed by atoms with van der Waals surface area (Å²) in [6, 6.07) is 9.92. The number of hydrazine groups is 1. The van der Waals surface area contributed by atoms with Gasteiger partial charge in [-0.1, -0.05) is 18.2 Å². The van der Waals surface area contributed by atoms with Gasteiger partial charge in [0.1, 0.15) is 5.82 Å². The van der Waals surface area contributed by atoms with Crippen molar-refractivity contribution in [3.05, 3.63) is 57.8 Å². The molecule has 112 valence electrons. The number of nitrogens with two attached hydrogens (primary N) is 1. The molecule has 1 atom stereocenters. The van der Waals surface area contributed by atoms with Gasteiger partial charge in [-0.2, -0.15) is 0 Å². The average molecular weight is 355 g/mol. The summed E-state index contributed by atoms with van der Waals surface area (Å²) in [5, 5.41) is 0. The first-order valence-electron chi connectivity index (χ1n) is 6.24. The number of halogens is 2. The van der Waals surface area contributed by atoms with Crippen molar-refractivity contribution in [1.29, 1.82) is 0 Å². The van der Waals surface area contributed by atoms with Crippen LogP contribution in [0.15, 0.2) is 40.9 Å². The van der Waals surface area contributed by atoms with Crippen molar-refractivity contribution in [3.8, 4) is 11.5 Å². The number of methoxy groups -OCH3 is 2. The Bertz CT molecular complexity index is 637. The van der Waals surface area contributed by atoms with Crippen molar-refractivity contribution >= 4 is 15.9 Å². The first-order chi connectivity index (χ1) is 10.1. The van der Waals surface area contributed by atoms with Crippen LogP contribution in [-0.2, 0) is 0 Å². The Morgan fingerprint density at radius 2 is 1.86 bits per heavy atom. The molecule has 0 saturated heterocycles. The van der Waals surface area contributed by atoms with E-state index in [9.17, 15) is 4.39 Å². The zero-order valence-electron chi connectivity index (χ0n) is 11.7. The van der Waals surface area contributed by atoms with Gasteiger partial charge in [0, 0.05) is 5.56 Å². The van der Waals surface area contributed by atoms with Crippen LogP contribution in [0.4, 0.5) is 4.39 Å². The van der Waals surface area contributed by atoms with Gasteiger partial charge in [-0.05, 0) is 39.7 Å². The quantitative estimate of drug-likeness (QED) is 0.639. The molecule has 0 radical (unpaired) electrons. The van der Waals surface area contributed by atoms with E-state index < -0.39 is 6.04 Å². The molecule has 1 unspecified atom stereocenters. The minimum Gasteiger partial charge on any atom is -0.493 e. The van der Waals surface area contributed by atoms with Crippen molar-refractivity contribution in [1.82, 2.24) is 5.43 Å². The number of ether oxygens (including phenoxy) is 2. The molecule has 0 saturated carbocycles. The molecular formula is C15H16BrFN2O2. The Morgan fingerprint density at radius 3 is 2.48 bits per heavy atom. The number of nitrogens with one attached hydrogen (secondary N) is 1. The van der Waals surface area contributed by atoms with Crippen molar-refractivity contribution < 1.29 is 13.9 Å². The lowest BCUT2D eigenvalue weighted by Crippen LogP contribution is -2.29. The van der Waals surface area contributed by atoms with Crippen LogP contribution in [0.25, 0.3) is 0 Å². The maximum absolute atomic E-state index is 14.3. The van der Waals surface area contributed by atoms with Gasteiger partial charge in [0.25, 0.3) is 0 Å². The maximum Gasteiger partial charge on any atom is 0.161 e. The van der Waals surface area contributed by atoms with E-state index in [4.69, 9.17) is 15.3 Å². The van der Waals surface area contributed by atoms with E-state index in [-0.39, 0.29) is 5.82 Å². The summed E-state index contributed by atoms with van der Waals surface area (Å²) in [5.74, 6) is 6.43. The lowest BCUT2D eigenvalue weighted by atomic mass is 9.98. The largest absolute Gasteiger partial charge is 0.493 e. The highest BCUT2D eigenvalue weighted by atomic mass is 79.9. The second-order valence-electron chi connectivity index (χ2n) is 4.36. The average Bonchev–Trinajstić information content (AvgIpc) is 2.51. The van der Waals surface area contributed by atoms with E-state index in [1.165, 1.54) is 0 Å². The molecule has 4 nitrogen and oxygen atoms in total. The van der Waals surface area contributed by atoms with Crippen LogP contribution < -0.4 is 20.7 Å². The molecule has 0 aliphatic carbocycles. The summed E-state index contributed by atoms with van der Waals surface area (Å²) in [6.45, 7) is 0. The standard InChI is InChI=1S/C15H16BrFN2O2/c1-20-12-7-6-9(8-13(12)21-2)15(19-18)10-4-3-5-11(16)14(10)17/h3-8,15,19H,18H2,1-2H3. The highest BCUT2D eigenvalue weighted by Crippen LogP contribution is 2.33. The summed E-state index contributed by atoms with van der Waals surface area (Å²) in [7, 11) is 3.11. The van der Waals surface area contributed by atoms with Gasteiger partial charge < -0.3 is 9.47 Å². The Kier molecular flexibility index (Phi) is 5.17. The molecule has 6 heteroatoms. The topological polar surface area (TPSA) is 56.5 Å². The van der Waals surface area contributed by atoms with Crippen LogP contribution in [0.1, 0.15) is 17.2 Å². The van der Waals surface area contributed by atoms with E-state index >= 15 is 0 Å². The third kappa shape index (κ3) is 3.18. The van der Waals surface area contributed by atoms with E-state index in [0.717, 1.165) is 5.56 Å². The molecule has 0 amide bonds. The Morgan fingerprint density at radius 1 is 1.14 bits per heavy atom. The first-order valence-corrected chi connectivity index (χ1v) is 7.03. The van der Waals surface area contributed by atoms with Gasteiger partial charge in [-0.15, -0.1) is 0 Å². The molecule has 2 aromatic rings. The maximum atomic E-state index is 14.3. The Hall–Kier alpha value is -1.63. The Labute approximate surface area is 131 Å². The summed E-state index contributed by atoms with van der Waals surface area (Å²) in [4.78, 5) is 0. The number of hydrogen-bond donors (Lipinski definition) is 2. The zero-order valence-corrected chi connectivity index (χ0v) is 13.3. The predicted octanol–water partition coefficient (Wildman–Crippen LogP) is 3.16. The monoisotopic (exact) mass is 354 g/mol. The molecule has 21 heavy (non-hydrogen) atoms. The van der Waals surface area contributed by atoms with Crippen molar-refractivity contribution in [2.75, 3.05) is 14.2 Å². The molecular weight excluding hydrogens is 339 g/mol. The molecule has 2 aromatic carbocycles. The fourth-order valence-corrected chi connectivity index (χ4v) is 2.52. The second kappa shape index (κ2) is 6.89. The third-order valence-electron chi connectivity index (χ3n) is 3.20. The highest BCUT2D eigenvalue weighted by molar-refractivity contribution is 9.10. The van der Waals surface area contributed by atoms with E-state index in [1.807, 2.05) is 6.07 Å². The smallest absolute Gasteiger partial charge is 0.161 e. The summed E-state index contributed by atoms with van der Waals surface area (Å²) in [5.41, 5.74) is 3.85. The third-order valence-corrected chi connectivity index (χ3v) is 3.81. The van der Waals surface area contributed by atoms with Crippen LogP contribution in [0, 0.1) is 5.82 Å². The summed E-state index contributed by atoms with van der Waals surface area (Å²) in [6.07, 6.45) is 0. The lowest BCUT2D eigenvalue weighted by molar-refractivity contribution is 0.354. The lowest BCUT2D eigenvalue weighted by Gasteiger charge is -2.19. The number of hydrogen-bond acceptors (Lipinski definition) is 4. The van der Waals surface area contributed by atoms with E-state index in [2.05, 4.69) is 21.4 Å². The minimum atomic E-state index is -0.498. The van der Waals surface area contributed by atoms with Gasteiger partial charge >= 0.3 is 0 Å². The number of benzene rings is 2. The van der Waals surface area contributed by atoms with Gasteiger partial charge in [0.15, 0.2) is 11.5 Å². The second-order valence-corrected chi connectivity index (χ2v) is 5.21. The molecule has 0 aliphatic rings. The molecule has 0 fully saturated rings. The van der Waals surface area contributed by atoms with Crippen LogP contribution in [-0.4, -0.2) is 14.2 Å².